The molecule has 0 unspecified atom stereocenters. The van der Waals surface area contributed by atoms with Crippen LogP contribution in [-0.2, 0) is 6.54 Å². The maximum absolute atomic E-state index is 13.8. The Balaban J connectivity index is 1.43. The number of amides is 1. The number of para-hydroxylation sites is 1. The fourth-order valence-corrected chi connectivity index (χ4v) is 4.18. The van der Waals surface area contributed by atoms with Crippen LogP contribution in [0.25, 0.3) is 0 Å². The van der Waals surface area contributed by atoms with Crippen molar-refractivity contribution in [3.8, 4) is 5.75 Å². The lowest BCUT2D eigenvalue weighted by Gasteiger charge is -2.25. The zero-order chi connectivity index (χ0) is 24.5. The molecular weight excluding hydrogens is 468 g/mol. The summed E-state index contributed by atoms with van der Waals surface area (Å²) in [7, 11) is 1.87. The zero-order valence-electron chi connectivity index (χ0n) is 18.8. The van der Waals surface area contributed by atoms with E-state index in [1.165, 1.54) is 12.1 Å². The van der Waals surface area contributed by atoms with Crippen LogP contribution in [0.15, 0.2) is 79.0 Å². The molecule has 0 saturated heterocycles. The number of ether oxygens (including phenoxy) is 1. The summed E-state index contributed by atoms with van der Waals surface area (Å²) in [5.74, 6) is -0.118. The third-order valence-electron chi connectivity index (χ3n) is 5.74. The van der Waals surface area contributed by atoms with Gasteiger partial charge in [-0.3, -0.25) is 14.4 Å². The number of rotatable bonds is 6. The standard InChI is InChI=1S/C26H21ClN4O4/c1-29-22-12-9-18(27)15-23(22)31(19-5-3-2-4-6-19)25(32)21-16-30(28-24(21)29)13-14-35-20-10-7-17(8-11-20)26(33)34/h2-12,15-16H,13-14H2,1H3,(H,33,34). The molecule has 0 aliphatic carbocycles. The first kappa shape index (κ1) is 22.5. The topological polar surface area (TPSA) is 87.9 Å². The third kappa shape index (κ3) is 4.31. The van der Waals surface area contributed by atoms with Crippen molar-refractivity contribution in [3.63, 3.8) is 0 Å². The number of anilines is 4. The SMILES string of the molecule is CN1c2ccc(Cl)cc2N(c2ccccc2)C(=O)c2cn(CCOc3ccc(C(=O)O)cc3)nc21. The summed E-state index contributed by atoms with van der Waals surface area (Å²) in [6.07, 6.45) is 1.72. The second-order valence-electron chi connectivity index (χ2n) is 7.98. The highest BCUT2D eigenvalue weighted by atomic mass is 35.5. The number of hydrogen-bond donors (Lipinski definition) is 1. The van der Waals surface area contributed by atoms with Crippen molar-refractivity contribution in [1.29, 1.82) is 0 Å². The molecule has 0 spiro atoms. The minimum Gasteiger partial charge on any atom is -0.492 e. The van der Waals surface area contributed by atoms with E-state index < -0.39 is 5.97 Å². The fourth-order valence-electron chi connectivity index (χ4n) is 4.01. The summed E-state index contributed by atoms with van der Waals surface area (Å²) >= 11 is 6.30. The average molecular weight is 489 g/mol. The van der Waals surface area contributed by atoms with E-state index in [1.807, 2.05) is 48.3 Å². The Morgan fingerprint density at radius 1 is 1.03 bits per heavy atom. The lowest BCUT2D eigenvalue weighted by Crippen LogP contribution is -2.25. The fraction of sp³-hybridized carbons (Fsp3) is 0.115. The second-order valence-corrected chi connectivity index (χ2v) is 8.41. The lowest BCUT2D eigenvalue weighted by molar-refractivity contribution is 0.0696. The van der Waals surface area contributed by atoms with E-state index >= 15 is 0 Å². The van der Waals surface area contributed by atoms with Crippen molar-refractivity contribution in [2.45, 2.75) is 6.54 Å². The minimum atomic E-state index is -0.989. The first-order valence-electron chi connectivity index (χ1n) is 10.9. The van der Waals surface area contributed by atoms with Crippen LogP contribution in [-0.4, -0.2) is 40.4 Å². The van der Waals surface area contributed by atoms with Crippen LogP contribution in [0.3, 0.4) is 0 Å². The summed E-state index contributed by atoms with van der Waals surface area (Å²) in [6, 6.07) is 21.1. The predicted molar refractivity (Wildman–Crippen MR) is 134 cm³/mol. The highest BCUT2D eigenvalue weighted by Crippen LogP contribution is 2.43. The molecule has 0 saturated carbocycles. The molecule has 5 rings (SSSR count). The quantitative estimate of drug-likeness (QED) is 0.392. The number of carboxylic acids is 1. The van der Waals surface area contributed by atoms with E-state index in [-0.39, 0.29) is 11.5 Å². The van der Waals surface area contributed by atoms with Gasteiger partial charge in [0.1, 0.15) is 17.9 Å². The number of aromatic nitrogens is 2. The average Bonchev–Trinajstić information content (AvgIpc) is 3.26. The smallest absolute Gasteiger partial charge is 0.335 e. The van der Waals surface area contributed by atoms with Crippen LogP contribution in [0.2, 0.25) is 5.02 Å². The molecule has 35 heavy (non-hydrogen) atoms. The number of aromatic carboxylic acids is 1. The number of nitrogens with zero attached hydrogens (tertiary/aromatic N) is 4. The Morgan fingerprint density at radius 3 is 2.49 bits per heavy atom. The molecule has 1 aliphatic heterocycles. The number of carboxylic acid groups (broad SMARTS) is 1. The highest BCUT2D eigenvalue weighted by molar-refractivity contribution is 6.31. The molecule has 1 N–H and O–H groups in total. The van der Waals surface area contributed by atoms with Gasteiger partial charge in [0.05, 0.1) is 23.5 Å². The normalized spacial score (nSPS) is 12.7. The van der Waals surface area contributed by atoms with Crippen LogP contribution in [0, 0.1) is 0 Å². The van der Waals surface area contributed by atoms with Gasteiger partial charge in [-0.25, -0.2) is 4.79 Å². The van der Waals surface area contributed by atoms with Gasteiger partial charge >= 0.3 is 5.97 Å². The number of carbonyl (C=O) groups is 2. The molecular formula is C26H21ClN4O4. The molecule has 1 aliphatic rings. The Labute approximate surface area is 206 Å². The number of hydrogen-bond acceptors (Lipinski definition) is 5. The van der Waals surface area contributed by atoms with Crippen LogP contribution < -0.4 is 14.5 Å². The van der Waals surface area contributed by atoms with Crippen LogP contribution >= 0.6 is 11.6 Å². The van der Waals surface area contributed by atoms with E-state index in [1.54, 1.807) is 40.0 Å². The minimum absolute atomic E-state index is 0.194. The number of halogens is 1. The summed E-state index contributed by atoms with van der Waals surface area (Å²) in [4.78, 5) is 28.3. The molecule has 0 radical (unpaired) electrons. The Kier molecular flexibility index (Phi) is 5.88. The molecule has 0 atom stereocenters. The second kappa shape index (κ2) is 9.15. The molecule has 2 heterocycles. The van der Waals surface area contributed by atoms with E-state index in [4.69, 9.17) is 21.4 Å². The van der Waals surface area contributed by atoms with Crippen molar-refractivity contribution in [3.05, 3.63) is 95.1 Å². The zero-order valence-corrected chi connectivity index (χ0v) is 19.5. The Bertz CT molecular complexity index is 1400. The maximum atomic E-state index is 13.8. The van der Waals surface area contributed by atoms with Gasteiger partial charge in [0.15, 0.2) is 5.82 Å². The molecule has 8 nitrogen and oxygen atoms in total. The molecule has 1 amide bonds. The van der Waals surface area contributed by atoms with Crippen molar-refractivity contribution in [2.75, 3.05) is 23.5 Å². The van der Waals surface area contributed by atoms with Gasteiger partial charge in [-0.2, -0.15) is 5.10 Å². The highest BCUT2D eigenvalue weighted by Gasteiger charge is 2.33. The number of carbonyl (C=O) groups excluding carboxylic acids is 1. The van der Waals surface area contributed by atoms with Gasteiger partial charge in [0.25, 0.3) is 5.91 Å². The number of benzene rings is 3. The van der Waals surface area contributed by atoms with Gasteiger partial charge in [0.2, 0.25) is 0 Å². The lowest BCUT2D eigenvalue weighted by atomic mass is 10.2. The molecule has 0 bridgehead atoms. The predicted octanol–water partition coefficient (Wildman–Crippen LogP) is 5.37. The molecule has 4 aromatic rings. The summed E-state index contributed by atoms with van der Waals surface area (Å²) in [6.45, 7) is 0.688. The maximum Gasteiger partial charge on any atom is 0.335 e. The molecule has 1 aromatic heterocycles. The van der Waals surface area contributed by atoms with E-state index in [2.05, 4.69) is 5.10 Å². The molecule has 3 aromatic carbocycles. The Morgan fingerprint density at radius 2 is 1.77 bits per heavy atom. The van der Waals surface area contributed by atoms with Crippen LogP contribution in [0.1, 0.15) is 20.7 Å². The molecule has 9 heteroatoms. The largest absolute Gasteiger partial charge is 0.492 e. The van der Waals surface area contributed by atoms with E-state index in [9.17, 15) is 9.59 Å². The van der Waals surface area contributed by atoms with Gasteiger partial charge in [-0.05, 0) is 54.6 Å². The van der Waals surface area contributed by atoms with Crippen molar-refractivity contribution < 1.29 is 19.4 Å². The Hall–Kier alpha value is -4.30. The van der Waals surface area contributed by atoms with Gasteiger partial charge in [-0.15, -0.1) is 0 Å². The van der Waals surface area contributed by atoms with Crippen LogP contribution in [0.5, 0.6) is 5.75 Å². The van der Waals surface area contributed by atoms with E-state index in [0.717, 1.165) is 11.4 Å². The first-order valence-corrected chi connectivity index (χ1v) is 11.3. The van der Waals surface area contributed by atoms with Gasteiger partial charge < -0.3 is 14.7 Å². The van der Waals surface area contributed by atoms with Crippen molar-refractivity contribution >= 4 is 46.4 Å². The van der Waals surface area contributed by atoms with Gasteiger partial charge in [-0.1, -0.05) is 29.8 Å². The molecule has 176 valence electrons. The summed E-state index contributed by atoms with van der Waals surface area (Å²) < 4.78 is 7.41. The van der Waals surface area contributed by atoms with Crippen LogP contribution in [0.4, 0.5) is 22.9 Å². The third-order valence-corrected chi connectivity index (χ3v) is 5.97. The summed E-state index contributed by atoms with van der Waals surface area (Å²) in [5, 5.41) is 14.2. The van der Waals surface area contributed by atoms with E-state index in [0.29, 0.717) is 41.0 Å². The molecule has 0 fully saturated rings. The first-order chi connectivity index (χ1) is 16.9. The van der Waals surface area contributed by atoms with Crippen molar-refractivity contribution in [1.82, 2.24) is 9.78 Å². The summed E-state index contributed by atoms with van der Waals surface area (Å²) in [5.41, 5.74) is 2.84. The monoisotopic (exact) mass is 488 g/mol. The number of fused-ring (bicyclic) bond motifs is 2. The van der Waals surface area contributed by atoms with Gasteiger partial charge in [0, 0.05) is 24.0 Å². The van der Waals surface area contributed by atoms with Crippen molar-refractivity contribution in [2.24, 2.45) is 0 Å².